The van der Waals surface area contributed by atoms with Gasteiger partial charge < -0.3 is 4.90 Å². The Bertz CT molecular complexity index is 551. The maximum absolute atomic E-state index is 11.6. The molecule has 6 heteroatoms. The summed E-state index contributed by atoms with van der Waals surface area (Å²) in [5, 5.41) is 2.10. The molecule has 2 rings (SSSR count). The predicted molar refractivity (Wildman–Crippen MR) is 69.4 cm³/mol. The number of carbonyl (C=O) groups excluding carboxylic acids is 3. The second kappa shape index (κ2) is 5.01. The van der Waals surface area contributed by atoms with E-state index in [9.17, 15) is 14.4 Å². The van der Waals surface area contributed by atoms with Crippen LogP contribution in [-0.2, 0) is 9.59 Å². The smallest absolute Gasteiger partial charge is 0.378 e. The molecule has 1 saturated heterocycles. The maximum atomic E-state index is 11.6. The van der Waals surface area contributed by atoms with Gasteiger partial charge in [0.05, 0.1) is 0 Å². The highest BCUT2D eigenvalue weighted by atomic mass is 16.2. The van der Waals surface area contributed by atoms with E-state index < -0.39 is 17.8 Å². The number of hydrogen-bond donors (Lipinski definition) is 1. The molecular formula is C13H14N3O3+. The van der Waals surface area contributed by atoms with Crippen LogP contribution in [0.2, 0.25) is 0 Å². The van der Waals surface area contributed by atoms with Crippen LogP contribution in [-0.4, -0.2) is 42.7 Å². The predicted octanol–water partition coefficient (Wildman–Crippen LogP) is 0.350. The Kier molecular flexibility index (Phi) is 3.41. The van der Waals surface area contributed by atoms with E-state index in [4.69, 9.17) is 0 Å². The van der Waals surface area contributed by atoms with Crippen LogP contribution in [0.25, 0.3) is 0 Å². The van der Waals surface area contributed by atoms with Gasteiger partial charge in [-0.2, -0.15) is 10.1 Å². The van der Waals surface area contributed by atoms with Crippen molar-refractivity contribution in [1.82, 2.24) is 5.32 Å². The van der Waals surface area contributed by atoms with E-state index in [2.05, 4.69) is 5.32 Å². The van der Waals surface area contributed by atoms with Crippen molar-refractivity contribution >= 4 is 29.7 Å². The molecule has 1 N–H and O–H groups in total. The average Bonchev–Trinajstić information content (AvgIpc) is 2.34. The molecule has 98 valence electrons. The fourth-order valence-electron chi connectivity index (χ4n) is 1.70. The van der Waals surface area contributed by atoms with Crippen molar-refractivity contribution in [2.24, 2.45) is 0 Å². The maximum Gasteiger partial charge on any atom is 0.506 e. The van der Waals surface area contributed by atoms with Gasteiger partial charge in [0.15, 0.2) is 6.42 Å². The third-order valence-corrected chi connectivity index (χ3v) is 2.73. The van der Waals surface area contributed by atoms with Crippen molar-refractivity contribution in [3.63, 3.8) is 0 Å². The van der Waals surface area contributed by atoms with Crippen molar-refractivity contribution < 1.29 is 19.0 Å². The molecule has 19 heavy (non-hydrogen) atoms. The molecule has 1 aliphatic heterocycles. The van der Waals surface area contributed by atoms with Gasteiger partial charge >= 0.3 is 17.8 Å². The summed E-state index contributed by atoms with van der Waals surface area (Å²) in [4.78, 5) is 36.1. The number of rotatable bonds is 2. The quantitative estimate of drug-likeness (QED) is 0.615. The summed E-state index contributed by atoms with van der Waals surface area (Å²) in [6.07, 6.45) is 1.11. The molecule has 0 saturated carbocycles. The molecule has 0 aromatic heterocycles. The summed E-state index contributed by atoms with van der Waals surface area (Å²) in [6.45, 7) is 0. The van der Waals surface area contributed by atoms with Gasteiger partial charge in [0.2, 0.25) is 0 Å². The lowest BCUT2D eigenvalue weighted by Gasteiger charge is -2.12. The summed E-state index contributed by atoms with van der Waals surface area (Å²) in [5.41, 5.74) is 1.73. The minimum absolute atomic E-state index is 0.308. The Morgan fingerprint density at radius 1 is 1.16 bits per heavy atom. The Morgan fingerprint density at radius 3 is 2.32 bits per heavy atom. The molecule has 0 bridgehead atoms. The topological polar surface area (TPSA) is 69.5 Å². The zero-order valence-electron chi connectivity index (χ0n) is 10.7. The van der Waals surface area contributed by atoms with E-state index in [1.54, 1.807) is 12.1 Å². The van der Waals surface area contributed by atoms with Crippen molar-refractivity contribution in [2.75, 3.05) is 19.0 Å². The molecule has 6 nitrogen and oxygen atoms in total. The highest BCUT2D eigenvalue weighted by Gasteiger charge is 2.35. The number of hydrogen-bond acceptors (Lipinski definition) is 4. The van der Waals surface area contributed by atoms with Gasteiger partial charge in [-0.05, 0) is 24.3 Å². The van der Waals surface area contributed by atoms with E-state index in [-0.39, 0.29) is 6.42 Å². The SMILES string of the molecule is CN(C)c1ccc(/C=[N+]2\C(=O)CC(=O)NC2=O)cc1. The van der Waals surface area contributed by atoms with Crippen LogP contribution in [0.4, 0.5) is 10.5 Å². The van der Waals surface area contributed by atoms with Gasteiger partial charge in [0, 0.05) is 25.3 Å². The first-order valence-corrected chi connectivity index (χ1v) is 5.75. The highest BCUT2D eigenvalue weighted by Crippen LogP contribution is 2.11. The third-order valence-electron chi connectivity index (χ3n) is 2.73. The lowest BCUT2D eigenvalue weighted by atomic mass is 10.2. The zero-order chi connectivity index (χ0) is 14.0. The molecule has 1 aliphatic rings. The Labute approximate surface area is 110 Å². The molecule has 0 spiro atoms. The first kappa shape index (κ1) is 12.9. The summed E-state index contributed by atoms with van der Waals surface area (Å²) in [6, 6.07) is 6.64. The van der Waals surface area contributed by atoms with Gasteiger partial charge in [-0.1, -0.05) is 0 Å². The van der Waals surface area contributed by atoms with E-state index in [0.717, 1.165) is 10.3 Å². The molecule has 0 aliphatic carbocycles. The number of barbiturate groups is 1. The number of imide groups is 2. The molecule has 1 heterocycles. The monoisotopic (exact) mass is 260 g/mol. The van der Waals surface area contributed by atoms with Crippen molar-refractivity contribution in [3.8, 4) is 0 Å². The van der Waals surface area contributed by atoms with Crippen molar-refractivity contribution in [1.29, 1.82) is 0 Å². The lowest BCUT2D eigenvalue weighted by Crippen LogP contribution is -2.48. The van der Waals surface area contributed by atoms with Gasteiger partial charge in [-0.25, -0.2) is 9.59 Å². The van der Waals surface area contributed by atoms with Gasteiger partial charge in [-0.3, -0.25) is 0 Å². The number of nitrogens with zero attached hydrogens (tertiary/aromatic N) is 2. The number of amides is 4. The number of carbonyl (C=O) groups is 3. The van der Waals surface area contributed by atoms with Gasteiger partial charge in [0.1, 0.15) is 6.21 Å². The summed E-state index contributed by atoms with van der Waals surface area (Å²) >= 11 is 0. The molecule has 0 atom stereocenters. The van der Waals surface area contributed by atoms with Gasteiger partial charge in [-0.15, -0.1) is 4.58 Å². The van der Waals surface area contributed by atoms with Crippen LogP contribution < -0.4 is 10.2 Å². The van der Waals surface area contributed by atoms with Crippen LogP contribution in [0.1, 0.15) is 12.0 Å². The molecule has 1 fully saturated rings. The Hall–Kier alpha value is -2.50. The number of benzene rings is 1. The second-order valence-electron chi connectivity index (χ2n) is 4.41. The van der Waals surface area contributed by atoms with Crippen LogP contribution >= 0.6 is 0 Å². The summed E-state index contributed by atoms with van der Waals surface area (Å²) in [7, 11) is 3.85. The molecule has 4 amide bonds. The van der Waals surface area contributed by atoms with Gasteiger partial charge in [0.25, 0.3) is 0 Å². The average molecular weight is 260 g/mol. The van der Waals surface area contributed by atoms with Crippen molar-refractivity contribution in [3.05, 3.63) is 29.8 Å². The van der Waals surface area contributed by atoms with Crippen molar-refractivity contribution in [2.45, 2.75) is 6.42 Å². The first-order valence-electron chi connectivity index (χ1n) is 5.75. The summed E-state index contributed by atoms with van der Waals surface area (Å²) in [5.74, 6) is -1.09. The minimum atomic E-state index is -0.710. The molecule has 0 radical (unpaired) electrons. The Balaban J connectivity index is 2.27. The van der Waals surface area contributed by atoms with Crippen LogP contribution in [0, 0.1) is 0 Å². The lowest BCUT2D eigenvalue weighted by molar-refractivity contribution is -0.357. The number of nitrogens with one attached hydrogen (secondary N) is 1. The van der Waals surface area contributed by atoms with Crippen LogP contribution in [0.5, 0.6) is 0 Å². The van der Waals surface area contributed by atoms with Crippen LogP contribution in [0.15, 0.2) is 24.3 Å². The summed E-state index contributed by atoms with van der Waals surface area (Å²) < 4.78 is 0.923. The molecule has 1 aromatic carbocycles. The molecular weight excluding hydrogens is 246 g/mol. The first-order chi connectivity index (χ1) is 8.97. The normalized spacial score (nSPS) is 17.6. The minimum Gasteiger partial charge on any atom is -0.378 e. The molecule has 1 aromatic rings. The fraction of sp³-hybridized carbons (Fsp3) is 0.231. The fourth-order valence-corrected chi connectivity index (χ4v) is 1.70. The van der Waals surface area contributed by atoms with E-state index in [1.807, 2.05) is 31.1 Å². The third kappa shape index (κ3) is 2.85. The largest absolute Gasteiger partial charge is 0.506 e. The van der Waals surface area contributed by atoms with Crippen LogP contribution in [0.3, 0.4) is 0 Å². The Morgan fingerprint density at radius 2 is 1.79 bits per heavy atom. The number of urea groups is 1. The van der Waals surface area contributed by atoms with E-state index in [0.29, 0.717) is 5.56 Å². The zero-order valence-corrected chi connectivity index (χ0v) is 10.7. The van der Waals surface area contributed by atoms with E-state index in [1.165, 1.54) is 6.21 Å². The second-order valence-corrected chi connectivity index (χ2v) is 4.41. The van der Waals surface area contributed by atoms with E-state index >= 15 is 0 Å². The molecule has 0 unspecified atom stereocenters. The number of anilines is 1. The standard InChI is InChI=1S/C13H13N3O3/c1-15(2)10-5-3-9(4-6-10)8-16-12(18)7-11(17)14-13(16)19/h3-6,8H,7H2,1-2H3/p+1. The highest BCUT2D eigenvalue weighted by molar-refractivity contribution is 6.09.